The molecule has 0 aliphatic carbocycles. The maximum atomic E-state index is 14.5. The standard InChI is InChI=1S/C21H20FN5O/c1-28-19-6-2-4-14(12-25-19)11-24-18-8-7-15(20(22)27-18)10-16-13-26-21-17(16)5-3-9-23-21/h4-8,12-13H,3,9-11H2,1H3,(H,23,26)(H,24,27). The van der Waals surface area contributed by atoms with Crippen molar-refractivity contribution in [1.82, 2.24) is 9.97 Å². The molecule has 0 saturated heterocycles. The fraction of sp³-hybridized carbons (Fsp3) is 0.238. The summed E-state index contributed by atoms with van der Waals surface area (Å²) < 4.78 is 19.6. The molecule has 4 heterocycles. The molecule has 0 amide bonds. The van der Waals surface area contributed by atoms with Crippen LogP contribution < -0.4 is 16.0 Å². The second kappa shape index (κ2) is 8.06. The Morgan fingerprint density at radius 2 is 2.21 bits per heavy atom. The summed E-state index contributed by atoms with van der Waals surface area (Å²) in [4.78, 5) is 15.8. The van der Waals surface area contributed by atoms with E-state index in [2.05, 4.69) is 37.1 Å². The number of rotatable bonds is 5. The van der Waals surface area contributed by atoms with Gasteiger partial charge in [0.25, 0.3) is 0 Å². The van der Waals surface area contributed by atoms with Gasteiger partial charge in [0.05, 0.1) is 7.11 Å². The van der Waals surface area contributed by atoms with Gasteiger partial charge in [-0.3, -0.25) is 4.99 Å². The molecule has 0 fully saturated rings. The maximum absolute atomic E-state index is 14.5. The first-order chi connectivity index (χ1) is 13.7. The average Bonchev–Trinajstić information content (AvgIpc) is 2.97. The molecule has 7 heteroatoms. The van der Waals surface area contributed by atoms with Gasteiger partial charge in [0.15, 0.2) is 0 Å². The van der Waals surface area contributed by atoms with Crippen molar-refractivity contribution in [3.05, 3.63) is 75.8 Å². The lowest BCUT2D eigenvalue weighted by Crippen LogP contribution is -2.28. The molecule has 0 atom stereocenters. The third-order valence-electron chi connectivity index (χ3n) is 4.55. The molecule has 0 spiro atoms. The number of H-pyrrole nitrogens is 1. The Morgan fingerprint density at radius 3 is 3.07 bits per heavy atom. The zero-order valence-electron chi connectivity index (χ0n) is 15.5. The van der Waals surface area contributed by atoms with Crippen LogP contribution >= 0.6 is 0 Å². The van der Waals surface area contributed by atoms with Gasteiger partial charge in [-0.1, -0.05) is 12.1 Å². The van der Waals surface area contributed by atoms with Gasteiger partial charge in [0, 0.05) is 48.8 Å². The van der Waals surface area contributed by atoms with Crippen LogP contribution in [0.2, 0.25) is 0 Å². The lowest BCUT2D eigenvalue weighted by atomic mass is 10.1. The van der Waals surface area contributed by atoms with Crippen molar-refractivity contribution in [3.8, 4) is 0 Å². The lowest BCUT2D eigenvalue weighted by molar-refractivity contribution is 0.407. The number of nitrogens with one attached hydrogen (secondary N) is 2. The van der Waals surface area contributed by atoms with Gasteiger partial charge in [-0.05, 0) is 29.7 Å². The van der Waals surface area contributed by atoms with Crippen LogP contribution in [0.15, 0.2) is 58.0 Å². The minimum absolute atomic E-state index is 0.453. The molecule has 0 unspecified atom stereocenters. The Morgan fingerprint density at radius 1 is 1.29 bits per heavy atom. The fourth-order valence-corrected chi connectivity index (χ4v) is 3.09. The minimum atomic E-state index is -0.474. The van der Waals surface area contributed by atoms with Crippen LogP contribution in [0.5, 0.6) is 0 Å². The van der Waals surface area contributed by atoms with Gasteiger partial charge < -0.3 is 15.0 Å². The van der Waals surface area contributed by atoms with Gasteiger partial charge in [0.1, 0.15) is 11.3 Å². The van der Waals surface area contributed by atoms with E-state index in [0.29, 0.717) is 30.2 Å². The first-order valence-electron chi connectivity index (χ1n) is 9.06. The number of aliphatic imine (C=N–C) groups is 1. The molecule has 0 aromatic carbocycles. The molecule has 6 nitrogen and oxygen atoms in total. The van der Waals surface area contributed by atoms with E-state index in [1.165, 1.54) is 0 Å². The summed E-state index contributed by atoms with van der Waals surface area (Å²) in [6, 6.07) is 3.55. The van der Waals surface area contributed by atoms with Crippen molar-refractivity contribution in [2.45, 2.75) is 12.8 Å². The molecule has 2 aromatic rings. The number of ether oxygens (including phenoxy) is 1. The maximum Gasteiger partial charge on any atom is 0.220 e. The van der Waals surface area contributed by atoms with Gasteiger partial charge >= 0.3 is 0 Å². The number of nitrogens with zero attached hydrogens (tertiary/aromatic N) is 3. The monoisotopic (exact) mass is 377 g/mol. The first kappa shape index (κ1) is 17.9. The average molecular weight is 377 g/mol. The summed E-state index contributed by atoms with van der Waals surface area (Å²) in [6.07, 6.45) is 10.6. The molecule has 2 N–H and O–H groups in total. The molecule has 2 aromatic heterocycles. The highest BCUT2D eigenvalue weighted by atomic mass is 19.1. The number of anilines is 1. The number of hydrogen-bond donors (Lipinski definition) is 2. The number of fused-ring (bicyclic) bond motifs is 1. The first-order valence-corrected chi connectivity index (χ1v) is 9.06. The summed E-state index contributed by atoms with van der Waals surface area (Å²) in [5.74, 6) is 0.479. The molecule has 0 radical (unpaired) electrons. The Labute approximate surface area is 161 Å². The van der Waals surface area contributed by atoms with Crippen LogP contribution in [0.25, 0.3) is 6.08 Å². The Hall–Kier alpha value is -3.44. The summed E-state index contributed by atoms with van der Waals surface area (Å²) in [6.45, 7) is 1.25. The zero-order chi connectivity index (χ0) is 19.3. The molecule has 2 aliphatic rings. The minimum Gasteiger partial charge on any atom is -0.481 e. The van der Waals surface area contributed by atoms with E-state index in [1.54, 1.807) is 37.6 Å². The van der Waals surface area contributed by atoms with E-state index in [0.717, 1.165) is 34.8 Å². The quantitative estimate of drug-likeness (QED) is 0.618. The Bertz CT molecular complexity index is 1140. The van der Waals surface area contributed by atoms with E-state index in [9.17, 15) is 4.39 Å². The number of aromatic amines is 1. The molecule has 0 saturated carbocycles. The van der Waals surface area contributed by atoms with Gasteiger partial charge in [-0.2, -0.15) is 4.39 Å². The van der Waals surface area contributed by atoms with Crippen LogP contribution in [0, 0.1) is 5.95 Å². The predicted octanol–water partition coefficient (Wildman–Crippen LogP) is 2.01. The third-order valence-corrected chi connectivity index (χ3v) is 4.55. The van der Waals surface area contributed by atoms with Crippen molar-refractivity contribution >= 4 is 17.8 Å². The molecule has 4 rings (SSSR count). The zero-order valence-corrected chi connectivity index (χ0v) is 15.5. The second-order valence-electron chi connectivity index (χ2n) is 6.46. The highest BCUT2D eigenvalue weighted by Crippen LogP contribution is 2.14. The number of methoxy groups -OCH3 is 1. The van der Waals surface area contributed by atoms with Gasteiger partial charge in [-0.15, -0.1) is 5.73 Å². The predicted molar refractivity (Wildman–Crippen MR) is 106 cm³/mol. The van der Waals surface area contributed by atoms with Crippen LogP contribution in [0.3, 0.4) is 0 Å². The molecular weight excluding hydrogens is 357 g/mol. The van der Waals surface area contributed by atoms with E-state index in [-0.39, 0.29) is 0 Å². The summed E-state index contributed by atoms with van der Waals surface area (Å²) in [5, 5.41) is 4.18. The Kier molecular flexibility index (Phi) is 5.17. The normalized spacial score (nSPS) is 14.9. The van der Waals surface area contributed by atoms with Crippen LogP contribution in [-0.2, 0) is 11.2 Å². The van der Waals surface area contributed by atoms with Crippen molar-refractivity contribution in [2.24, 2.45) is 9.98 Å². The van der Waals surface area contributed by atoms with Crippen molar-refractivity contribution < 1.29 is 9.13 Å². The van der Waals surface area contributed by atoms with E-state index in [1.807, 2.05) is 6.20 Å². The highest BCUT2D eigenvalue weighted by Gasteiger charge is 2.10. The topological polar surface area (TPSA) is 74.7 Å². The van der Waals surface area contributed by atoms with Crippen molar-refractivity contribution in [2.75, 3.05) is 25.5 Å². The number of aromatic nitrogens is 2. The van der Waals surface area contributed by atoms with E-state index < -0.39 is 5.95 Å². The van der Waals surface area contributed by atoms with Crippen molar-refractivity contribution in [1.29, 1.82) is 0 Å². The third kappa shape index (κ3) is 3.94. The van der Waals surface area contributed by atoms with Crippen LogP contribution in [0.1, 0.15) is 17.5 Å². The number of halogens is 1. The molecule has 142 valence electrons. The largest absolute Gasteiger partial charge is 0.481 e. The van der Waals surface area contributed by atoms with Gasteiger partial charge in [-0.25, -0.2) is 9.98 Å². The molecule has 2 aliphatic heterocycles. The fourth-order valence-electron chi connectivity index (χ4n) is 3.09. The molecular formula is C21H20FN5O. The van der Waals surface area contributed by atoms with E-state index in [4.69, 9.17) is 4.74 Å². The summed E-state index contributed by atoms with van der Waals surface area (Å²) in [5.41, 5.74) is 6.33. The van der Waals surface area contributed by atoms with Crippen molar-refractivity contribution in [3.63, 3.8) is 0 Å². The van der Waals surface area contributed by atoms with Crippen LogP contribution in [-0.4, -0.2) is 36.1 Å². The van der Waals surface area contributed by atoms with Gasteiger partial charge in [0.2, 0.25) is 11.8 Å². The Balaban J connectivity index is 1.45. The smallest absolute Gasteiger partial charge is 0.220 e. The van der Waals surface area contributed by atoms with E-state index >= 15 is 0 Å². The SMILES string of the molecule is COC1=NC=C(CNc2ccc(Cc3c[nH]c4c3=CCCN=4)c(F)n2)C=C=C1. The lowest BCUT2D eigenvalue weighted by Gasteiger charge is -2.08. The second-order valence-corrected chi connectivity index (χ2v) is 6.46. The number of pyridine rings is 1. The number of hydrogen-bond acceptors (Lipinski definition) is 5. The highest BCUT2D eigenvalue weighted by molar-refractivity contribution is 5.88. The summed E-state index contributed by atoms with van der Waals surface area (Å²) in [7, 11) is 1.55. The summed E-state index contributed by atoms with van der Waals surface area (Å²) >= 11 is 0. The molecule has 0 bridgehead atoms. The van der Waals surface area contributed by atoms with Crippen LogP contribution in [0.4, 0.5) is 10.2 Å². The molecule has 28 heavy (non-hydrogen) atoms.